The van der Waals surface area contributed by atoms with Crippen LogP contribution in [0.3, 0.4) is 0 Å². The number of rotatable bonds is 10. The summed E-state index contributed by atoms with van der Waals surface area (Å²) in [6, 6.07) is 5.37. The van der Waals surface area contributed by atoms with Crippen molar-refractivity contribution >= 4 is 5.97 Å². The minimum absolute atomic E-state index is 0.0972. The SMILES string of the molecule is COc1cc(C(O)C(Cc2ccn(CC(=O)O)n2)OC2CCCC2)cc(OC)c1C. The molecule has 0 radical (unpaired) electrons. The highest BCUT2D eigenvalue weighted by Gasteiger charge is 2.29. The summed E-state index contributed by atoms with van der Waals surface area (Å²) >= 11 is 0. The molecule has 2 unspecified atom stereocenters. The Morgan fingerprint density at radius 2 is 1.87 bits per heavy atom. The molecule has 0 amide bonds. The third-order valence-electron chi connectivity index (χ3n) is 5.54. The van der Waals surface area contributed by atoms with E-state index in [4.69, 9.17) is 19.3 Å². The molecule has 1 heterocycles. The van der Waals surface area contributed by atoms with Gasteiger partial charge in [-0.15, -0.1) is 0 Å². The highest BCUT2D eigenvalue weighted by Crippen LogP contribution is 2.35. The molecule has 0 bridgehead atoms. The van der Waals surface area contributed by atoms with E-state index in [-0.39, 0.29) is 12.6 Å². The fourth-order valence-electron chi connectivity index (χ4n) is 3.94. The molecular weight excluding hydrogens is 388 g/mol. The summed E-state index contributed by atoms with van der Waals surface area (Å²) in [4.78, 5) is 10.9. The van der Waals surface area contributed by atoms with E-state index < -0.39 is 18.2 Å². The molecule has 0 aliphatic heterocycles. The molecule has 164 valence electrons. The van der Waals surface area contributed by atoms with Crippen molar-refractivity contribution in [3.63, 3.8) is 0 Å². The lowest BCUT2D eigenvalue weighted by Crippen LogP contribution is -2.29. The number of carbonyl (C=O) groups is 1. The van der Waals surface area contributed by atoms with Crippen LogP contribution in [0.4, 0.5) is 0 Å². The summed E-state index contributed by atoms with van der Waals surface area (Å²) in [5.41, 5.74) is 2.17. The number of ether oxygens (including phenoxy) is 3. The third-order valence-corrected chi connectivity index (χ3v) is 5.54. The molecule has 30 heavy (non-hydrogen) atoms. The molecule has 1 fully saturated rings. The maximum Gasteiger partial charge on any atom is 0.325 e. The topological polar surface area (TPSA) is 103 Å². The lowest BCUT2D eigenvalue weighted by molar-refractivity contribution is -0.137. The molecule has 1 saturated carbocycles. The lowest BCUT2D eigenvalue weighted by atomic mass is 9.98. The van der Waals surface area contributed by atoms with Crippen LogP contribution in [0.15, 0.2) is 24.4 Å². The second-order valence-electron chi connectivity index (χ2n) is 7.68. The van der Waals surface area contributed by atoms with Gasteiger partial charge in [0, 0.05) is 18.2 Å². The van der Waals surface area contributed by atoms with Gasteiger partial charge in [-0.05, 0) is 43.5 Å². The Hall–Kier alpha value is -2.58. The van der Waals surface area contributed by atoms with E-state index in [2.05, 4.69) is 5.10 Å². The molecule has 2 atom stereocenters. The standard InChI is InChI=1S/C22H30N2O6/c1-14-18(28-2)10-15(11-19(14)29-3)22(27)20(30-17-6-4-5-7-17)12-16-8-9-24(23-16)13-21(25)26/h8-11,17,20,22,27H,4-7,12-13H2,1-3H3,(H,25,26). The number of hydrogen-bond acceptors (Lipinski definition) is 6. The van der Waals surface area contributed by atoms with Gasteiger partial charge < -0.3 is 24.4 Å². The van der Waals surface area contributed by atoms with Gasteiger partial charge in [0.25, 0.3) is 0 Å². The average Bonchev–Trinajstić information content (AvgIpc) is 3.39. The largest absolute Gasteiger partial charge is 0.496 e. The van der Waals surface area contributed by atoms with Crippen molar-refractivity contribution in [2.45, 2.75) is 63.9 Å². The van der Waals surface area contributed by atoms with Crippen LogP contribution >= 0.6 is 0 Å². The predicted molar refractivity (Wildman–Crippen MR) is 110 cm³/mol. The molecule has 2 aromatic rings. The van der Waals surface area contributed by atoms with Gasteiger partial charge in [0.1, 0.15) is 24.1 Å². The lowest BCUT2D eigenvalue weighted by Gasteiger charge is -2.27. The van der Waals surface area contributed by atoms with Gasteiger partial charge in [-0.25, -0.2) is 0 Å². The second kappa shape index (κ2) is 9.95. The maximum atomic E-state index is 11.2. The van der Waals surface area contributed by atoms with E-state index in [0.29, 0.717) is 29.2 Å². The first-order chi connectivity index (χ1) is 14.4. The quantitative estimate of drug-likeness (QED) is 0.611. The molecular formula is C22H30N2O6. The Bertz CT molecular complexity index is 834. The Balaban J connectivity index is 1.85. The van der Waals surface area contributed by atoms with Gasteiger partial charge in [-0.2, -0.15) is 5.10 Å². The van der Waals surface area contributed by atoms with Crippen LogP contribution in [0.1, 0.15) is 48.6 Å². The Kier molecular flexibility index (Phi) is 7.33. The number of carboxylic acids is 1. The fraction of sp³-hybridized carbons (Fsp3) is 0.545. The van der Waals surface area contributed by atoms with Gasteiger partial charge in [0.15, 0.2) is 0 Å². The van der Waals surface area contributed by atoms with Crippen LogP contribution in [0.25, 0.3) is 0 Å². The molecule has 0 spiro atoms. The zero-order chi connectivity index (χ0) is 21.7. The van der Waals surface area contributed by atoms with Crippen LogP contribution in [-0.2, 0) is 22.5 Å². The van der Waals surface area contributed by atoms with Crippen LogP contribution in [0, 0.1) is 6.92 Å². The zero-order valence-electron chi connectivity index (χ0n) is 17.7. The summed E-state index contributed by atoms with van der Waals surface area (Å²) in [6.45, 7) is 1.69. The van der Waals surface area contributed by atoms with E-state index in [9.17, 15) is 9.90 Å². The molecule has 1 aromatic carbocycles. The number of aromatic nitrogens is 2. The number of benzene rings is 1. The number of nitrogens with zero attached hydrogens (tertiary/aromatic N) is 2. The molecule has 1 aliphatic rings. The number of hydrogen-bond donors (Lipinski definition) is 2. The Labute approximate surface area is 176 Å². The molecule has 8 nitrogen and oxygen atoms in total. The smallest absolute Gasteiger partial charge is 0.325 e. The minimum Gasteiger partial charge on any atom is -0.496 e. The third kappa shape index (κ3) is 5.31. The van der Waals surface area contributed by atoms with Crippen LogP contribution in [0.5, 0.6) is 11.5 Å². The summed E-state index contributed by atoms with van der Waals surface area (Å²) < 4.78 is 18.6. The van der Waals surface area contributed by atoms with E-state index in [0.717, 1.165) is 31.2 Å². The fourth-order valence-corrected chi connectivity index (χ4v) is 3.94. The molecule has 2 N–H and O–H groups in total. The average molecular weight is 418 g/mol. The van der Waals surface area contributed by atoms with E-state index in [1.54, 1.807) is 38.6 Å². The second-order valence-corrected chi connectivity index (χ2v) is 7.68. The minimum atomic E-state index is -0.956. The Morgan fingerprint density at radius 1 is 1.23 bits per heavy atom. The predicted octanol–water partition coefficient (Wildman–Crippen LogP) is 2.90. The number of methoxy groups -OCH3 is 2. The normalized spacial score (nSPS) is 16.4. The van der Waals surface area contributed by atoms with E-state index in [1.807, 2.05) is 6.92 Å². The van der Waals surface area contributed by atoms with Crippen molar-refractivity contribution in [1.82, 2.24) is 9.78 Å². The summed E-state index contributed by atoms with van der Waals surface area (Å²) in [5.74, 6) is 0.310. The molecule has 0 saturated heterocycles. The first kappa shape index (κ1) is 22.1. The van der Waals surface area contributed by atoms with Crippen molar-refractivity contribution < 1.29 is 29.2 Å². The summed E-state index contributed by atoms with van der Waals surface area (Å²) in [7, 11) is 3.17. The maximum absolute atomic E-state index is 11.2. The van der Waals surface area contributed by atoms with Gasteiger partial charge in [0.05, 0.1) is 32.1 Å². The van der Waals surface area contributed by atoms with E-state index >= 15 is 0 Å². The van der Waals surface area contributed by atoms with Gasteiger partial charge in [-0.1, -0.05) is 12.8 Å². The van der Waals surface area contributed by atoms with Crippen molar-refractivity contribution in [2.75, 3.05) is 14.2 Å². The van der Waals surface area contributed by atoms with Gasteiger partial charge in [-0.3, -0.25) is 9.48 Å². The highest BCUT2D eigenvalue weighted by atomic mass is 16.5. The number of aliphatic hydroxyl groups is 1. The monoisotopic (exact) mass is 418 g/mol. The molecule has 1 aliphatic carbocycles. The van der Waals surface area contributed by atoms with Crippen molar-refractivity contribution in [3.05, 3.63) is 41.2 Å². The van der Waals surface area contributed by atoms with Gasteiger partial charge in [0.2, 0.25) is 0 Å². The summed E-state index contributed by atoms with van der Waals surface area (Å²) in [6.07, 6.45) is 4.81. The Morgan fingerprint density at radius 3 is 2.43 bits per heavy atom. The van der Waals surface area contributed by atoms with Gasteiger partial charge >= 0.3 is 5.97 Å². The van der Waals surface area contributed by atoms with Crippen LogP contribution < -0.4 is 9.47 Å². The van der Waals surface area contributed by atoms with E-state index in [1.165, 1.54) is 4.68 Å². The van der Waals surface area contributed by atoms with Crippen molar-refractivity contribution in [3.8, 4) is 11.5 Å². The number of aliphatic hydroxyl groups excluding tert-OH is 1. The highest BCUT2D eigenvalue weighted by molar-refractivity contribution is 5.66. The van der Waals surface area contributed by atoms with Crippen molar-refractivity contribution in [1.29, 1.82) is 0 Å². The van der Waals surface area contributed by atoms with Crippen LogP contribution in [-0.4, -0.2) is 52.4 Å². The molecule has 3 rings (SSSR count). The first-order valence-corrected chi connectivity index (χ1v) is 10.2. The van der Waals surface area contributed by atoms with Crippen molar-refractivity contribution in [2.24, 2.45) is 0 Å². The molecule has 8 heteroatoms. The molecule has 1 aromatic heterocycles. The number of carboxylic acid groups (broad SMARTS) is 1. The zero-order valence-corrected chi connectivity index (χ0v) is 17.7. The first-order valence-electron chi connectivity index (χ1n) is 10.2. The number of aliphatic carboxylic acids is 1. The van der Waals surface area contributed by atoms with Crippen LogP contribution in [0.2, 0.25) is 0 Å². The summed E-state index contributed by atoms with van der Waals surface area (Å²) in [5, 5.41) is 24.5.